The molecule has 0 bridgehead atoms. The number of benzene rings is 2. The SMILES string of the molecule is CCc1ccc(C(O)Cc2cc(F)ccc2C)cc1. The van der Waals surface area contributed by atoms with Crippen LogP contribution in [0.4, 0.5) is 4.39 Å². The van der Waals surface area contributed by atoms with Crippen LogP contribution in [0.2, 0.25) is 0 Å². The molecule has 0 fully saturated rings. The van der Waals surface area contributed by atoms with Gasteiger partial charge in [0.2, 0.25) is 0 Å². The van der Waals surface area contributed by atoms with Crippen molar-refractivity contribution in [2.45, 2.75) is 32.8 Å². The predicted octanol–water partition coefficient (Wildman–Crippen LogP) is 3.97. The van der Waals surface area contributed by atoms with E-state index in [4.69, 9.17) is 0 Å². The Morgan fingerprint density at radius 3 is 2.42 bits per heavy atom. The molecular weight excluding hydrogens is 239 g/mol. The number of aliphatic hydroxyl groups excluding tert-OH is 1. The van der Waals surface area contributed by atoms with Gasteiger partial charge in [-0.2, -0.15) is 0 Å². The predicted molar refractivity (Wildman–Crippen MR) is 75.6 cm³/mol. The molecule has 0 aliphatic heterocycles. The highest BCUT2D eigenvalue weighted by Crippen LogP contribution is 2.21. The largest absolute Gasteiger partial charge is 0.388 e. The summed E-state index contributed by atoms with van der Waals surface area (Å²) in [5.41, 5.74) is 3.98. The maximum Gasteiger partial charge on any atom is 0.123 e. The van der Waals surface area contributed by atoms with Crippen molar-refractivity contribution in [2.75, 3.05) is 0 Å². The van der Waals surface area contributed by atoms with Gasteiger partial charge in [-0.15, -0.1) is 0 Å². The molecule has 1 nitrogen and oxygen atoms in total. The molecule has 0 heterocycles. The van der Waals surface area contributed by atoms with Crippen molar-refractivity contribution in [1.29, 1.82) is 0 Å². The van der Waals surface area contributed by atoms with Crippen LogP contribution in [0.5, 0.6) is 0 Å². The van der Waals surface area contributed by atoms with E-state index in [0.29, 0.717) is 6.42 Å². The Morgan fingerprint density at radius 2 is 1.79 bits per heavy atom. The van der Waals surface area contributed by atoms with Crippen LogP contribution in [0.3, 0.4) is 0 Å². The molecule has 0 aliphatic carbocycles. The molecule has 0 amide bonds. The van der Waals surface area contributed by atoms with Crippen molar-refractivity contribution in [2.24, 2.45) is 0 Å². The maximum absolute atomic E-state index is 13.2. The van der Waals surface area contributed by atoms with E-state index in [0.717, 1.165) is 23.1 Å². The van der Waals surface area contributed by atoms with Crippen molar-refractivity contribution >= 4 is 0 Å². The van der Waals surface area contributed by atoms with Gasteiger partial charge in [-0.25, -0.2) is 4.39 Å². The number of aliphatic hydroxyl groups is 1. The lowest BCUT2D eigenvalue weighted by Gasteiger charge is -2.13. The summed E-state index contributed by atoms with van der Waals surface area (Å²) in [6, 6.07) is 12.6. The Morgan fingerprint density at radius 1 is 1.11 bits per heavy atom. The Bertz CT molecular complexity index is 546. The lowest BCUT2D eigenvalue weighted by molar-refractivity contribution is 0.178. The van der Waals surface area contributed by atoms with E-state index in [1.807, 2.05) is 31.2 Å². The van der Waals surface area contributed by atoms with Gasteiger partial charge < -0.3 is 5.11 Å². The molecule has 2 rings (SSSR count). The van der Waals surface area contributed by atoms with E-state index >= 15 is 0 Å². The van der Waals surface area contributed by atoms with E-state index in [-0.39, 0.29) is 5.82 Å². The van der Waals surface area contributed by atoms with Gasteiger partial charge in [0.25, 0.3) is 0 Å². The highest BCUT2D eigenvalue weighted by Gasteiger charge is 2.10. The lowest BCUT2D eigenvalue weighted by atomic mass is 9.97. The summed E-state index contributed by atoms with van der Waals surface area (Å²) in [5.74, 6) is -0.255. The minimum absolute atomic E-state index is 0.255. The van der Waals surface area contributed by atoms with Gasteiger partial charge in [-0.3, -0.25) is 0 Å². The number of hydrogen-bond donors (Lipinski definition) is 1. The number of rotatable bonds is 4. The van der Waals surface area contributed by atoms with Gasteiger partial charge >= 0.3 is 0 Å². The number of aryl methyl sites for hydroxylation is 2. The number of hydrogen-bond acceptors (Lipinski definition) is 1. The monoisotopic (exact) mass is 258 g/mol. The summed E-state index contributed by atoms with van der Waals surface area (Å²) in [5, 5.41) is 10.2. The average Bonchev–Trinajstić information content (AvgIpc) is 2.43. The van der Waals surface area contributed by atoms with E-state index in [9.17, 15) is 9.50 Å². The van der Waals surface area contributed by atoms with Crippen molar-refractivity contribution in [3.8, 4) is 0 Å². The van der Waals surface area contributed by atoms with Crippen molar-refractivity contribution in [1.82, 2.24) is 0 Å². The van der Waals surface area contributed by atoms with Crippen LogP contribution >= 0.6 is 0 Å². The number of halogens is 1. The van der Waals surface area contributed by atoms with Crippen molar-refractivity contribution in [3.63, 3.8) is 0 Å². The molecule has 2 aromatic rings. The van der Waals surface area contributed by atoms with Crippen LogP contribution < -0.4 is 0 Å². The van der Waals surface area contributed by atoms with Crippen LogP contribution in [-0.2, 0) is 12.8 Å². The molecule has 19 heavy (non-hydrogen) atoms. The molecule has 0 aromatic heterocycles. The standard InChI is InChI=1S/C17H19FO/c1-3-13-5-7-14(8-6-13)17(19)11-15-10-16(18)9-4-12(15)2/h4-10,17,19H,3,11H2,1-2H3. The van der Waals surface area contributed by atoms with Gasteiger partial charge in [0.05, 0.1) is 6.10 Å². The highest BCUT2D eigenvalue weighted by molar-refractivity contribution is 5.30. The smallest absolute Gasteiger partial charge is 0.123 e. The summed E-state index contributed by atoms with van der Waals surface area (Å²) in [6.07, 6.45) is 0.834. The van der Waals surface area contributed by atoms with Gasteiger partial charge in [-0.05, 0) is 47.7 Å². The molecule has 100 valence electrons. The summed E-state index contributed by atoms with van der Waals surface area (Å²) in [4.78, 5) is 0. The molecule has 1 unspecified atom stereocenters. The summed E-state index contributed by atoms with van der Waals surface area (Å²) >= 11 is 0. The Balaban J connectivity index is 2.15. The summed E-state index contributed by atoms with van der Waals surface area (Å²) in [6.45, 7) is 4.03. The first-order valence-electron chi connectivity index (χ1n) is 6.62. The molecule has 0 radical (unpaired) electrons. The maximum atomic E-state index is 13.2. The third-order valence-corrected chi connectivity index (χ3v) is 3.50. The summed E-state index contributed by atoms with van der Waals surface area (Å²) in [7, 11) is 0. The molecule has 2 aromatic carbocycles. The van der Waals surface area contributed by atoms with E-state index in [1.165, 1.54) is 17.7 Å². The Kier molecular flexibility index (Phi) is 4.33. The van der Waals surface area contributed by atoms with Crippen LogP contribution in [0, 0.1) is 12.7 Å². The first-order valence-corrected chi connectivity index (χ1v) is 6.62. The molecule has 0 saturated heterocycles. The van der Waals surface area contributed by atoms with Crippen LogP contribution in [0.25, 0.3) is 0 Å². The lowest BCUT2D eigenvalue weighted by Crippen LogP contribution is -2.03. The molecule has 0 aliphatic rings. The Hall–Kier alpha value is -1.67. The topological polar surface area (TPSA) is 20.2 Å². The third kappa shape index (κ3) is 3.42. The molecule has 1 atom stereocenters. The van der Waals surface area contributed by atoms with Crippen LogP contribution in [-0.4, -0.2) is 5.11 Å². The van der Waals surface area contributed by atoms with Crippen LogP contribution in [0.15, 0.2) is 42.5 Å². The molecule has 2 heteroatoms. The molecule has 1 N–H and O–H groups in total. The summed E-state index contributed by atoms with van der Waals surface area (Å²) < 4.78 is 13.2. The van der Waals surface area contributed by atoms with Crippen LogP contribution in [0.1, 0.15) is 35.3 Å². The third-order valence-electron chi connectivity index (χ3n) is 3.50. The van der Waals surface area contributed by atoms with Gasteiger partial charge in [0.15, 0.2) is 0 Å². The zero-order valence-corrected chi connectivity index (χ0v) is 11.4. The minimum atomic E-state index is -0.591. The van der Waals surface area contributed by atoms with Crippen molar-refractivity contribution < 1.29 is 9.50 Å². The van der Waals surface area contributed by atoms with E-state index < -0.39 is 6.10 Å². The van der Waals surface area contributed by atoms with Gasteiger partial charge in [0.1, 0.15) is 5.82 Å². The second-order valence-corrected chi connectivity index (χ2v) is 4.89. The van der Waals surface area contributed by atoms with E-state index in [1.54, 1.807) is 6.07 Å². The first-order chi connectivity index (χ1) is 9.10. The van der Waals surface area contributed by atoms with Gasteiger partial charge in [0, 0.05) is 6.42 Å². The molecule has 0 spiro atoms. The van der Waals surface area contributed by atoms with Gasteiger partial charge in [-0.1, -0.05) is 37.3 Å². The Labute approximate surface area is 113 Å². The normalized spacial score (nSPS) is 12.4. The molecule has 0 saturated carbocycles. The second-order valence-electron chi connectivity index (χ2n) is 4.89. The first kappa shape index (κ1) is 13.8. The second kappa shape index (κ2) is 5.98. The highest BCUT2D eigenvalue weighted by atomic mass is 19.1. The molecular formula is C17H19FO. The average molecular weight is 258 g/mol. The quantitative estimate of drug-likeness (QED) is 0.879. The van der Waals surface area contributed by atoms with E-state index in [2.05, 4.69) is 6.92 Å². The minimum Gasteiger partial charge on any atom is -0.388 e. The van der Waals surface area contributed by atoms with Crippen molar-refractivity contribution in [3.05, 3.63) is 70.5 Å². The fraction of sp³-hybridized carbons (Fsp3) is 0.294. The zero-order valence-electron chi connectivity index (χ0n) is 11.4. The zero-order chi connectivity index (χ0) is 13.8. The fourth-order valence-corrected chi connectivity index (χ4v) is 2.16. The fourth-order valence-electron chi connectivity index (χ4n) is 2.16.